The molecule has 3 rings (SSSR count). The van der Waals surface area contributed by atoms with Crippen LogP contribution in [0.2, 0.25) is 0 Å². The van der Waals surface area contributed by atoms with Crippen LogP contribution in [0, 0.1) is 18.6 Å². The van der Waals surface area contributed by atoms with Crippen LogP contribution in [0.3, 0.4) is 0 Å². The van der Waals surface area contributed by atoms with Gasteiger partial charge in [-0.15, -0.1) is 0 Å². The highest BCUT2D eigenvalue weighted by molar-refractivity contribution is 6.39. The lowest BCUT2D eigenvalue weighted by Gasteiger charge is -2.29. The molecule has 0 spiro atoms. The van der Waals surface area contributed by atoms with E-state index in [9.17, 15) is 18.4 Å². The van der Waals surface area contributed by atoms with E-state index in [1.54, 1.807) is 31.1 Å². The molecule has 2 aromatic rings. The smallest absolute Gasteiger partial charge is 0.314 e. The number of hydrogen-bond acceptors (Lipinski definition) is 4. The molecule has 0 radical (unpaired) electrons. The van der Waals surface area contributed by atoms with Gasteiger partial charge in [0.15, 0.2) is 5.82 Å². The minimum Gasteiger partial charge on any atom is -0.361 e. The summed E-state index contributed by atoms with van der Waals surface area (Å²) in [5, 5.41) is 2.56. The van der Waals surface area contributed by atoms with Crippen LogP contribution in [-0.2, 0) is 22.6 Å². The third-order valence-electron chi connectivity index (χ3n) is 4.47. The van der Waals surface area contributed by atoms with Crippen molar-refractivity contribution in [3.63, 3.8) is 0 Å². The maximum absolute atomic E-state index is 14.0. The van der Waals surface area contributed by atoms with Crippen LogP contribution >= 0.6 is 0 Å². The van der Waals surface area contributed by atoms with E-state index >= 15 is 0 Å². The Hall–Kier alpha value is -3.03. The first-order chi connectivity index (χ1) is 12.8. The first kappa shape index (κ1) is 18.8. The highest BCUT2D eigenvalue weighted by Gasteiger charge is 2.29. The first-order valence-corrected chi connectivity index (χ1v) is 8.49. The van der Waals surface area contributed by atoms with Crippen LogP contribution in [-0.4, -0.2) is 42.3 Å². The Balaban J connectivity index is 1.77. The molecule has 0 fully saturated rings. The van der Waals surface area contributed by atoms with Crippen LogP contribution in [0.1, 0.15) is 16.8 Å². The zero-order chi connectivity index (χ0) is 19.7. The van der Waals surface area contributed by atoms with Crippen molar-refractivity contribution in [2.45, 2.75) is 19.9 Å². The van der Waals surface area contributed by atoms with Gasteiger partial charge in [0.05, 0.1) is 5.69 Å². The Morgan fingerprint density at radius 2 is 1.78 bits per heavy atom. The third-order valence-corrected chi connectivity index (χ3v) is 4.47. The normalized spacial score (nSPS) is 13.1. The number of nitrogens with zero attached hydrogens (tertiary/aromatic N) is 3. The fourth-order valence-corrected chi connectivity index (χ4v) is 3.07. The molecule has 0 unspecified atom stereocenters. The van der Waals surface area contributed by atoms with Crippen molar-refractivity contribution in [1.29, 1.82) is 0 Å². The zero-order valence-corrected chi connectivity index (χ0v) is 15.3. The summed E-state index contributed by atoms with van der Waals surface area (Å²) in [6, 6.07) is 5.50. The second-order valence-corrected chi connectivity index (χ2v) is 6.64. The Bertz CT molecular complexity index is 915. The molecule has 0 saturated heterocycles. The summed E-state index contributed by atoms with van der Waals surface area (Å²) < 4.78 is 27.8. The molecule has 6 nitrogen and oxygen atoms in total. The molecule has 142 valence electrons. The number of rotatable bonds is 2. The molecule has 0 atom stereocenters. The molecule has 1 aromatic carbocycles. The van der Waals surface area contributed by atoms with E-state index in [0.717, 1.165) is 17.8 Å². The fraction of sp³-hybridized carbons (Fsp3) is 0.316. The molecule has 0 bridgehead atoms. The van der Waals surface area contributed by atoms with Crippen molar-refractivity contribution in [3.8, 4) is 0 Å². The highest BCUT2D eigenvalue weighted by Crippen LogP contribution is 2.25. The van der Waals surface area contributed by atoms with Gasteiger partial charge < -0.3 is 15.1 Å². The predicted octanol–water partition coefficient (Wildman–Crippen LogP) is 2.26. The molecular weight excluding hydrogens is 354 g/mol. The third kappa shape index (κ3) is 3.74. The van der Waals surface area contributed by atoms with E-state index in [4.69, 9.17) is 0 Å². The van der Waals surface area contributed by atoms with Gasteiger partial charge in [0.25, 0.3) is 0 Å². The van der Waals surface area contributed by atoms with Gasteiger partial charge in [0.1, 0.15) is 11.6 Å². The number of carbonyl (C=O) groups is 2. The monoisotopic (exact) mass is 374 g/mol. The van der Waals surface area contributed by atoms with E-state index in [1.165, 1.54) is 4.90 Å². The van der Waals surface area contributed by atoms with Crippen molar-refractivity contribution >= 4 is 23.3 Å². The SMILES string of the molecule is Cc1ccc(NC(=O)C(=O)N2CCc3c(F)ccc(F)c3C2)c(N(C)C)n1. The number of amides is 2. The van der Waals surface area contributed by atoms with Gasteiger partial charge in [-0.05, 0) is 43.2 Å². The second kappa shape index (κ2) is 7.30. The summed E-state index contributed by atoms with van der Waals surface area (Å²) >= 11 is 0. The van der Waals surface area contributed by atoms with Crippen LogP contribution in [0.15, 0.2) is 24.3 Å². The zero-order valence-electron chi connectivity index (χ0n) is 15.3. The molecule has 1 aromatic heterocycles. The Kier molecular flexibility index (Phi) is 5.07. The van der Waals surface area contributed by atoms with E-state index in [2.05, 4.69) is 10.3 Å². The van der Waals surface area contributed by atoms with Crippen molar-refractivity contribution in [2.75, 3.05) is 30.9 Å². The summed E-state index contributed by atoms with van der Waals surface area (Å²) in [5.41, 5.74) is 1.55. The van der Waals surface area contributed by atoms with Crippen LogP contribution in [0.5, 0.6) is 0 Å². The van der Waals surface area contributed by atoms with Crippen molar-refractivity contribution in [3.05, 3.63) is 52.7 Å². The van der Waals surface area contributed by atoms with Gasteiger partial charge in [-0.25, -0.2) is 13.8 Å². The number of fused-ring (bicyclic) bond motifs is 1. The fourth-order valence-electron chi connectivity index (χ4n) is 3.07. The topological polar surface area (TPSA) is 65.5 Å². The van der Waals surface area contributed by atoms with Crippen LogP contribution < -0.4 is 10.2 Å². The minimum absolute atomic E-state index is 0.119. The Morgan fingerprint density at radius 3 is 2.44 bits per heavy atom. The lowest BCUT2D eigenvalue weighted by molar-refractivity contribution is -0.143. The maximum atomic E-state index is 14.0. The minimum atomic E-state index is -0.844. The van der Waals surface area contributed by atoms with Crippen molar-refractivity contribution < 1.29 is 18.4 Å². The summed E-state index contributed by atoms with van der Waals surface area (Å²) in [6.07, 6.45) is 0.160. The summed E-state index contributed by atoms with van der Waals surface area (Å²) in [6.45, 7) is 1.83. The highest BCUT2D eigenvalue weighted by atomic mass is 19.1. The largest absolute Gasteiger partial charge is 0.361 e. The Morgan fingerprint density at radius 1 is 1.11 bits per heavy atom. The lowest BCUT2D eigenvalue weighted by Crippen LogP contribution is -2.43. The lowest BCUT2D eigenvalue weighted by atomic mass is 9.98. The average Bonchev–Trinajstić information content (AvgIpc) is 2.65. The molecule has 1 aliphatic heterocycles. The number of hydrogen-bond donors (Lipinski definition) is 1. The molecule has 2 amide bonds. The van der Waals surface area contributed by atoms with Gasteiger partial charge in [-0.3, -0.25) is 9.59 Å². The maximum Gasteiger partial charge on any atom is 0.314 e. The predicted molar refractivity (Wildman–Crippen MR) is 97.4 cm³/mol. The summed E-state index contributed by atoms with van der Waals surface area (Å²) in [7, 11) is 3.55. The van der Waals surface area contributed by atoms with E-state index in [-0.39, 0.29) is 30.6 Å². The molecule has 1 N–H and O–H groups in total. The molecule has 2 heterocycles. The molecule has 8 heteroatoms. The second-order valence-electron chi connectivity index (χ2n) is 6.64. The molecular formula is C19H20F2N4O2. The number of aromatic nitrogens is 1. The molecule has 27 heavy (non-hydrogen) atoms. The van der Waals surface area contributed by atoms with Gasteiger partial charge >= 0.3 is 11.8 Å². The van der Waals surface area contributed by atoms with Gasteiger partial charge in [0, 0.05) is 38.4 Å². The molecule has 0 aliphatic carbocycles. The van der Waals surface area contributed by atoms with Crippen LogP contribution in [0.25, 0.3) is 0 Å². The average molecular weight is 374 g/mol. The number of nitrogens with one attached hydrogen (secondary N) is 1. The number of benzene rings is 1. The number of anilines is 2. The first-order valence-electron chi connectivity index (χ1n) is 8.49. The van der Waals surface area contributed by atoms with E-state index < -0.39 is 23.4 Å². The summed E-state index contributed by atoms with van der Waals surface area (Å²) in [5.74, 6) is -2.20. The van der Waals surface area contributed by atoms with E-state index in [1.807, 2.05) is 6.92 Å². The molecule has 0 saturated carbocycles. The number of aryl methyl sites for hydroxylation is 1. The number of halogens is 2. The van der Waals surface area contributed by atoms with Crippen LogP contribution in [0.4, 0.5) is 20.3 Å². The standard InChI is InChI=1S/C19H20F2N4O2/c1-11-4-7-16(17(22-11)24(2)3)23-18(26)19(27)25-9-8-12-13(10-25)15(21)6-5-14(12)20/h4-7H,8-10H2,1-3H3,(H,23,26). The summed E-state index contributed by atoms with van der Waals surface area (Å²) in [4.78, 5) is 32.2. The van der Waals surface area contributed by atoms with Crippen molar-refractivity contribution in [2.24, 2.45) is 0 Å². The van der Waals surface area contributed by atoms with Gasteiger partial charge in [-0.2, -0.15) is 0 Å². The number of pyridine rings is 1. The van der Waals surface area contributed by atoms with Crippen molar-refractivity contribution in [1.82, 2.24) is 9.88 Å². The van der Waals surface area contributed by atoms with E-state index in [0.29, 0.717) is 11.5 Å². The van der Waals surface area contributed by atoms with Gasteiger partial charge in [0.2, 0.25) is 0 Å². The van der Waals surface area contributed by atoms with Gasteiger partial charge in [-0.1, -0.05) is 0 Å². The number of carbonyl (C=O) groups excluding carboxylic acids is 2. The quantitative estimate of drug-likeness (QED) is 0.819. The Labute approximate surface area is 155 Å². The molecule has 1 aliphatic rings.